The molecule has 4 heteroatoms. The van der Waals surface area contributed by atoms with Crippen LogP contribution in [0.4, 0.5) is 0 Å². The maximum absolute atomic E-state index is 11.5. The second-order valence-electron chi connectivity index (χ2n) is 4.42. The van der Waals surface area contributed by atoms with E-state index in [1.807, 2.05) is 49.3 Å². The van der Waals surface area contributed by atoms with Crippen LogP contribution in [0.1, 0.15) is 12.8 Å². The number of nitrogens with one attached hydrogen (secondary N) is 1. The fraction of sp³-hybridized carbons (Fsp3) is 0.500. The molecular formula is C14H22N2O2. The summed E-state index contributed by atoms with van der Waals surface area (Å²) in [4.78, 5) is 13.5. The van der Waals surface area contributed by atoms with Crippen LogP contribution < -0.4 is 10.1 Å². The molecule has 1 aromatic carbocycles. The molecule has 1 rings (SSSR count). The van der Waals surface area contributed by atoms with Gasteiger partial charge in [0.2, 0.25) is 5.91 Å². The van der Waals surface area contributed by atoms with E-state index in [0.29, 0.717) is 19.6 Å². The Morgan fingerprint density at radius 3 is 2.67 bits per heavy atom. The van der Waals surface area contributed by atoms with Crippen LogP contribution in [-0.2, 0) is 4.79 Å². The fourth-order valence-electron chi connectivity index (χ4n) is 1.45. The Kier molecular flexibility index (Phi) is 6.87. The average Bonchev–Trinajstić information content (AvgIpc) is 2.35. The van der Waals surface area contributed by atoms with Crippen molar-refractivity contribution in [1.82, 2.24) is 10.2 Å². The summed E-state index contributed by atoms with van der Waals surface area (Å²) in [6.07, 6.45) is 1.25. The summed E-state index contributed by atoms with van der Waals surface area (Å²) in [5, 5.41) is 2.88. The molecule has 0 radical (unpaired) electrons. The summed E-state index contributed by atoms with van der Waals surface area (Å²) in [5.74, 6) is 0.944. The van der Waals surface area contributed by atoms with E-state index >= 15 is 0 Å². The number of hydrogen-bond donors (Lipinski definition) is 1. The molecule has 0 saturated carbocycles. The van der Waals surface area contributed by atoms with Gasteiger partial charge in [0, 0.05) is 19.5 Å². The van der Waals surface area contributed by atoms with Gasteiger partial charge in [-0.25, -0.2) is 0 Å². The van der Waals surface area contributed by atoms with Crippen molar-refractivity contribution in [1.29, 1.82) is 0 Å². The van der Waals surface area contributed by atoms with Gasteiger partial charge in [0.1, 0.15) is 5.75 Å². The summed E-state index contributed by atoms with van der Waals surface area (Å²) < 4.78 is 5.51. The Morgan fingerprint density at radius 2 is 2.00 bits per heavy atom. The van der Waals surface area contributed by atoms with Gasteiger partial charge < -0.3 is 15.0 Å². The second-order valence-corrected chi connectivity index (χ2v) is 4.42. The molecule has 0 aromatic heterocycles. The first-order valence-electron chi connectivity index (χ1n) is 6.28. The SMILES string of the molecule is CN(C)CCNC(=O)CCCOc1ccccc1. The molecule has 0 atom stereocenters. The minimum absolute atomic E-state index is 0.0912. The van der Waals surface area contributed by atoms with Gasteiger partial charge in [-0.1, -0.05) is 18.2 Å². The van der Waals surface area contributed by atoms with E-state index in [1.165, 1.54) is 0 Å². The van der Waals surface area contributed by atoms with E-state index < -0.39 is 0 Å². The first kappa shape index (κ1) is 14.5. The first-order chi connectivity index (χ1) is 8.68. The van der Waals surface area contributed by atoms with Gasteiger partial charge in [-0.2, -0.15) is 0 Å². The number of hydrogen-bond acceptors (Lipinski definition) is 3. The molecular weight excluding hydrogens is 228 g/mol. The summed E-state index contributed by atoms with van der Waals surface area (Å²) in [5.41, 5.74) is 0. The molecule has 0 aliphatic carbocycles. The van der Waals surface area contributed by atoms with Gasteiger partial charge in [0.15, 0.2) is 0 Å². The van der Waals surface area contributed by atoms with Crippen LogP contribution in [0.15, 0.2) is 30.3 Å². The minimum atomic E-state index is 0.0912. The smallest absolute Gasteiger partial charge is 0.220 e. The molecule has 18 heavy (non-hydrogen) atoms. The number of rotatable bonds is 8. The number of nitrogens with zero attached hydrogens (tertiary/aromatic N) is 1. The highest BCUT2D eigenvalue weighted by atomic mass is 16.5. The largest absolute Gasteiger partial charge is 0.494 e. The third-order valence-corrected chi connectivity index (χ3v) is 2.44. The Balaban J connectivity index is 2.02. The van der Waals surface area contributed by atoms with E-state index in [9.17, 15) is 4.79 Å². The zero-order chi connectivity index (χ0) is 13.2. The molecule has 0 spiro atoms. The fourth-order valence-corrected chi connectivity index (χ4v) is 1.45. The molecule has 1 aromatic rings. The third-order valence-electron chi connectivity index (χ3n) is 2.44. The molecule has 0 fully saturated rings. The molecule has 0 aliphatic heterocycles. The van der Waals surface area contributed by atoms with Gasteiger partial charge >= 0.3 is 0 Å². The van der Waals surface area contributed by atoms with Gasteiger partial charge in [-0.05, 0) is 32.6 Å². The summed E-state index contributed by atoms with van der Waals surface area (Å²) in [7, 11) is 3.97. The topological polar surface area (TPSA) is 41.6 Å². The highest BCUT2D eigenvalue weighted by Crippen LogP contribution is 2.08. The molecule has 4 nitrogen and oxygen atoms in total. The molecule has 0 heterocycles. The highest BCUT2D eigenvalue weighted by molar-refractivity contribution is 5.75. The second kappa shape index (κ2) is 8.53. The number of ether oxygens (including phenoxy) is 1. The highest BCUT2D eigenvalue weighted by Gasteiger charge is 2.01. The van der Waals surface area contributed by atoms with Crippen molar-refractivity contribution >= 4 is 5.91 Å². The van der Waals surface area contributed by atoms with Crippen LogP contribution in [-0.4, -0.2) is 44.6 Å². The number of amides is 1. The summed E-state index contributed by atoms with van der Waals surface area (Å²) in [6.45, 7) is 2.14. The van der Waals surface area contributed by atoms with E-state index in [-0.39, 0.29) is 5.91 Å². The van der Waals surface area contributed by atoms with Gasteiger partial charge in [-0.3, -0.25) is 4.79 Å². The van der Waals surface area contributed by atoms with Crippen LogP contribution in [0.5, 0.6) is 5.75 Å². The maximum Gasteiger partial charge on any atom is 0.220 e. The Bertz CT molecular complexity index is 339. The van der Waals surface area contributed by atoms with Crippen LogP contribution in [0.25, 0.3) is 0 Å². The molecule has 1 amide bonds. The van der Waals surface area contributed by atoms with E-state index in [0.717, 1.165) is 18.7 Å². The predicted octanol–water partition coefficient (Wildman–Crippen LogP) is 1.52. The lowest BCUT2D eigenvalue weighted by Crippen LogP contribution is -2.31. The molecule has 1 N–H and O–H groups in total. The Morgan fingerprint density at radius 1 is 1.28 bits per heavy atom. The predicted molar refractivity (Wildman–Crippen MR) is 72.7 cm³/mol. The van der Waals surface area contributed by atoms with Crippen LogP contribution >= 0.6 is 0 Å². The maximum atomic E-state index is 11.5. The van der Waals surface area contributed by atoms with Gasteiger partial charge in [0.05, 0.1) is 6.61 Å². The number of likely N-dealkylation sites (N-methyl/N-ethyl adjacent to an activating group) is 1. The van der Waals surface area contributed by atoms with Crippen LogP contribution in [0.2, 0.25) is 0 Å². The van der Waals surface area contributed by atoms with Crippen molar-refractivity contribution in [3.63, 3.8) is 0 Å². The van der Waals surface area contributed by atoms with Crippen LogP contribution in [0, 0.1) is 0 Å². The van der Waals surface area contributed by atoms with Crippen LogP contribution in [0.3, 0.4) is 0 Å². The quantitative estimate of drug-likeness (QED) is 0.711. The monoisotopic (exact) mass is 250 g/mol. The normalized spacial score (nSPS) is 10.4. The zero-order valence-corrected chi connectivity index (χ0v) is 11.2. The number of carbonyl (C=O) groups is 1. The number of benzene rings is 1. The van der Waals surface area contributed by atoms with Crippen molar-refractivity contribution in [2.45, 2.75) is 12.8 Å². The van der Waals surface area contributed by atoms with Crippen molar-refractivity contribution < 1.29 is 9.53 Å². The Labute approximate surface area is 109 Å². The number of para-hydroxylation sites is 1. The molecule has 0 saturated heterocycles. The van der Waals surface area contributed by atoms with E-state index in [2.05, 4.69) is 5.32 Å². The average molecular weight is 250 g/mol. The zero-order valence-electron chi connectivity index (χ0n) is 11.2. The lowest BCUT2D eigenvalue weighted by Gasteiger charge is -2.10. The summed E-state index contributed by atoms with van der Waals surface area (Å²) >= 11 is 0. The molecule has 0 bridgehead atoms. The standard InChI is InChI=1S/C14H22N2O2/c1-16(2)11-10-15-14(17)9-6-12-18-13-7-4-3-5-8-13/h3-5,7-8H,6,9-12H2,1-2H3,(H,15,17). The number of carbonyl (C=O) groups excluding carboxylic acids is 1. The lowest BCUT2D eigenvalue weighted by atomic mass is 10.3. The minimum Gasteiger partial charge on any atom is -0.494 e. The van der Waals surface area contributed by atoms with E-state index in [4.69, 9.17) is 4.74 Å². The third kappa shape index (κ3) is 6.91. The van der Waals surface area contributed by atoms with Gasteiger partial charge in [0.25, 0.3) is 0 Å². The van der Waals surface area contributed by atoms with Crippen molar-refractivity contribution in [2.24, 2.45) is 0 Å². The van der Waals surface area contributed by atoms with Gasteiger partial charge in [-0.15, -0.1) is 0 Å². The molecule has 0 aliphatic rings. The lowest BCUT2D eigenvalue weighted by molar-refractivity contribution is -0.121. The van der Waals surface area contributed by atoms with Crippen molar-refractivity contribution in [2.75, 3.05) is 33.8 Å². The van der Waals surface area contributed by atoms with E-state index in [1.54, 1.807) is 0 Å². The molecule has 100 valence electrons. The van der Waals surface area contributed by atoms with Crippen molar-refractivity contribution in [3.05, 3.63) is 30.3 Å². The Hall–Kier alpha value is -1.55. The summed E-state index contributed by atoms with van der Waals surface area (Å²) in [6, 6.07) is 9.64. The first-order valence-corrected chi connectivity index (χ1v) is 6.28. The molecule has 0 unspecified atom stereocenters. The van der Waals surface area contributed by atoms with Crippen molar-refractivity contribution in [3.8, 4) is 5.75 Å².